The van der Waals surface area contributed by atoms with E-state index in [1.807, 2.05) is 37.3 Å². The normalized spacial score (nSPS) is 13.4. The zero-order chi connectivity index (χ0) is 19.0. The summed E-state index contributed by atoms with van der Waals surface area (Å²) in [6.07, 6.45) is 2.08. The molecule has 0 saturated heterocycles. The number of aryl methyl sites for hydroxylation is 1. The predicted octanol–water partition coefficient (Wildman–Crippen LogP) is 2.19. The van der Waals surface area contributed by atoms with Gasteiger partial charge in [0.25, 0.3) is 5.91 Å². The minimum absolute atomic E-state index is 0.0252. The minimum atomic E-state index is -1.07. The SMILES string of the molecule is CCn1nc(C(=O)O)c2c1CCN(C(=O)c1[nH]cnc1-c1ccccc1)C2. The zero-order valence-electron chi connectivity index (χ0n) is 14.8. The standard InChI is InChI=1S/C19H19N5O3/c1-2-24-14-8-9-23(10-13(14)16(22-24)19(26)27)18(25)17-15(20-11-21-17)12-6-4-3-5-7-12/h3-7,11H,2,8-10H2,1H3,(H,20,21)(H,26,27). The maximum Gasteiger partial charge on any atom is 0.356 e. The number of carbonyl (C=O) groups excluding carboxylic acids is 1. The van der Waals surface area contributed by atoms with Gasteiger partial charge in [0, 0.05) is 36.3 Å². The molecule has 27 heavy (non-hydrogen) atoms. The summed E-state index contributed by atoms with van der Waals surface area (Å²) in [5, 5.41) is 13.6. The van der Waals surface area contributed by atoms with E-state index in [0.29, 0.717) is 36.5 Å². The molecule has 1 aliphatic rings. The van der Waals surface area contributed by atoms with Gasteiger partial charge in [-0.05, 0) is 6.92 Å². The fourth-order valence-electron chi connectivity index (χ4n) is 3.53. The molecule has 0 saturated carbocycles. The van der Waals surface area contributed by atoms with E-state index < -0.39 is 5.97 Å². The van der Waals surface area contributed by atoms with Crippen molar-refractivity contribution in [1.82, 2.24) is 24.6 Å². The summed E-state index contributed by atoms with van der Waals surface area (Å²) in [6, 6.07) is 9.49. The van der Waals surface area contributed by atoms with Gasteiger partial charge in [0.1, 0.15) is 11.4 Å². The Balaban J connectivity index is 1.66. The highest BCUT2D eigenvalue weighted by atomic mass is 16.4. The van der Waals surface area contributed by atoms with Crippen LogP contribution in [0.5, 0.6) is 0 Å². The minimum Gasteiger partial charge on any atom is -0.476 e. The highest BCUT2D eigenvalue weighted by Gasteiger charge is 2.31. The number of nitrogens with one attached hydrogen (secondary N) is 1. The highest BCUT2D eigenvalue weighted by molar-refractivity contribution is 5.98. The number of aromatic amines is 1. The highest BCUT2D eigenvalue weighted by Crippen LogP contribution is 2.26. The van der Waals surface area contributed by atoms with Crippen LogP contribution in [0, 0.1) is 0 Å². The summed E-state index contributed by atoms with van der Waals surface area (Å²) in [6.45, 7) is 3.25. The van der Waals surface area contributed by atoms with Crippen molar-refractivity contribution in [3.63, 3.8) is 0 Å². The quantitative estimate of drug-likeness (QED) is 0.737. The molecule has 2 N–H and O–H groups in total. The van der Waals surface area contributed by atoms with Gasteiger partial charge in [0.2, 0.25) is 0 Å². The first kappa shape index (κ1) is 17.0. The van der Waals surface area contributed by atoms with Crippen LogP contribution in [0.3, 0.4) is 0 Å². The molecule has 0 fully saturated rings. The Labute approximate surface area is 155 Å². The van der Waals surface area contributed by atoms with Crippen LogP contribution in [0.2, 0.25) is 0 Å². The number of hydrogen-bond donors (Lipinski definition) is 2. The molecule has 0 unspecified atom stereocenters. The third-order valence-corrected chi connectivity index (χ3v) is 4.82. The fraction of sp³-hybridized carbons (Fsp3) is 0.263. The molecule has 3 aromatic rings. The van der Waals surface area contributed by atoms with Crippen LogP contribution in [0.15, 0.2) is 36.7 Å². The average Bonchev–Trinajstić information content (AvgIpc) is 3.32. The molecule has 2 aromatic heterocycles. The van der Waals surface area contributed by atoms with E-state index in [1.54, 1.807) is 9.58 Å². The van der Waals surface area contributed by atoms with Crippen molar-refractivity contribution in [1.29, 1.82) is 0 Å². The summed E-state index contributed by atoms with van der Waals surface area (Å²) < 4.78 is 1.71. The molecule has 1 aliphatic heterocycles. The Bertz CT molecular complexity index is 1010. The second-order valence-electron chi connectivity index (χ2n) is 6.36. The molecule has 1 aromatic carbocycles. The van der Waals surface area contributed by atoms with E-state index in [-0.39, 0.29) is 18.1 Å². The number of rotatable bonds is 4. The predicted molar refractivity (Wildman–Crippen MR) is 97.3 cm³/mol. The summed E-state index contributed by atoms with van der Waals surface area (Å²) in [5.41, 5.74) is 3.39. The third kappa shape index (κ3) is 2.88. The molecule has 8 heteroatoms. The number of aromatic carboxylic acids is 1. The maximum absolute atomic E-state index is 13.1. The van der Waals surface area contributed by atoms with Gasteiger partial charge >= 0.3 is 5.97 Å². The Morgan fingerprint density at radius 2 is 2.04 bits per heavy atom. The van der Waals surface area contributed by atoms with Crippen LogP contribution in [0.25, 0.3) is 11.3 Å². The number of aromatic nitrogens is 4. The molecule has 4 rings (SSSR count). The number of fused-ring (bicyclic) bond motifs is 1. The van der Waals surface area contributed by atoms with Gasteiger partial charge in [0.05, 0.1) is 12.9 Å². The molecule has 1 amide bonds. The van der Waals surface area contributed by atoms with Gasteiger partial charge in [-0.2, -0.15) is 5.10 Å². The first-order chi connectivity index (χ1) is 13.1. The maximum atomic E-state index is 13.1. The number of nitrogens with zero attached hydrogens (tertiary/aromatic N) is 4. The lowest BCUT2D eigenvalue weighted by atomic mass is 10.0. The monoisotopic (exact) mass is 365 g/mol. The topological polar surface area (TPSA) is 104 Å². The molecule has 0 atom stereocenters. The van der Waals surface area contributed by atoms with Crippen molar-refractivity contribution >= 4 is 11.9 Å². The van der Waals surface area contributed by atoms with Crippen LogP contribution in [0.4, 0.5) is 0 Å². The number of amides is 1. The van der Waals surface area contributed by atoms with Gasteiger partial charge < -0.3 is 15.0 Å². The molecule has 0 radical (unpaired) electrons. The van der Waals surface area contributed by atoms with Crippen LogP contribution >= 0.6 is 0 Å². The van der Waals surface area contributed by atoms with Crippen LogP contribution in [-0.4, -0.2) is 48.2 Å². The zero-order valence-corrected chi connectivity index (χ0v) is 14.8. The molecule has 3 heterocycles. The molecule has 8 nitrogen and oxygen atoms in total. The van der Waals surface area contributed by atoms with Crippen molar-refractivity contribution in [2.45, 2.75) is 26.4 Å². The molecule has 0 bridgehead atoms. The van der Waals surface area contributed by atoms with E-state index in [1.165, 1.54) is 6.33 Å². The Morgan fingerprint density at radius 1 is 1.26 bits per heavy atom. The average molecular weight is 365 g/mol. The lowest BCUT2D eigenvalue weighted by Crippen LogP contribution is -2.37. The van der Waals surface area contributed by atoms with Gasteiger partial charge in [-0.3, -0.25) is 9.48 Å². The summed E-state index contributed by atoms with van der Waals surface area (Å²) in [7, 11) is 0. The van der Waals surface area contributed by atoms with E-state index in [2.05, 4.69) is 15.1 Å². The van der Waals surface area contributed by atoms with Crippen LogP contribution in [-0.2, 0) is 19.5 Å². The Hall–Kier alpha value is -3.42. The number of H-pyrrole nitrogens is 1. The summed E-state index contributed by atoms with van der Waals surface area (Å²) in [5.74, 6) is -1.27. The number of carboxylic acids is 1. The number of benzene rings is 1. The lowest BCUT2D eigenvalue weighted by molar-refractivity contribution is 0.0673. The first-order valence-electron chi connectivity index (χ1n) is 8.80. The van der Waals surface area contributed by atoms with E-state index in [9.17, 15) is 14.7 Å². The molecular weight excluding hydrogens is 346 g/mol. The van der Waals surface area contributed by atoms with E-state index in [4.69, 9.17) is 0 Å². The fourth-order valence-corrected chi connectivity index (χ4v) is 3.53. The van der Waals surface area contributed by atoms with Gasteiger partial charge in [-0.15, -0.1) is 0 Å². The van der Waals surface area contributed by atoms with Crippen LogP contribution in [0.1, 0.15) is 39.2 Å². The van der Waals surface area contributed by atoms with Crippen LogP contribution < -0.4 is 0 Å². The smallest absolute Gasteiger partial charge is 0.356 e. The number of carbonyl (C=O) groups is 2. The lowest BCUT2D eigenvalue weighted by Gasteiger charge is -2.27. The second-order valence-corrected chi connectivity index (χ2v) is 6.36. The summed E-state index contributed by atoms with van der Waals surface area (Å²) in [4.78, 5) is 33.5. The molecule has 0 aliphatic carbocycles. The van der Waals surface area contributed by atoms with E-state index in [0.717, 1.165) is 11.3 Å². The Morgan fingerprint density at radius 3 is 2.74 bits per heavy atom. The van der Waals surface area contributed by atoms with Gasteiger partial charge in [0.15, 0.2) is 5.69 Å². The van der Waals surface area contributed by atoms with Gasteiger partial charge in [-0.25, -0.2) is 9.78 Å². The number of hydrogen-bond acceptors (Lipinski definition) is 4. The van der Waals surface area contributed by atoms with Crippen molar-refractivity contribution < 1.29 is 14.7 Å². The number of imidazole rings is 1. The van der Waals surface area contributed by atoms with Crippen molar-refractivity contribution in [2.24, 2.45) is 0 Å². The largest absolute Gasteiger partial charge is 0.476 e. The van der Waals surface area contributed by atoms with E-state index >= 15 is 0 Å². The second kappa shape index (κ2) is 6.71. The van der Waals surface area contributed by atoms with Crippen molar-refractivity contribution in [3.8, 4) is 11.3 Å². The number of carboxylic acid groups (broad SMARTS) is 1. The first-order valence-corrected chi connectivity index (χ1v) is 8.80. The summed E-state index contributed by atoms with van der Waals surface area (Å²) >= 11 is 0. The van der Waals surface area contributed by atoms with Crippen molar-refractivity contribution in [2.75, 3.05) is 6.54 Å². The third-order valence-electron chi connectivity index (χ3n) is 4.82. The van der Waals surface area contributed by atoms with Gasteiger partial charge in [-0.1, -0.05) is 30.3 Å². The molecule has 0 spiro atoms. The van der Waals surface area contributed by atoms with Crippen molar-refractivity contribution in [3.05, 3.63) is 59.3 Å². The molecular formula is C19H19N5O3. The Kier molecular flexibility index (Phi) is 4.23. The molecule has 138 valence electrons.